The summed E-state index contributed by atoms with van der Waals surface area (Å²) in [5.41, 5.74) is 15.3. The second kappa shape index (κ2) is 24.5. The van der Waals surface area contributed by atoms with Gasteiger partial charge in [0.1, 0.15) is 41.9 Å². The SMILES string of the molecule is C#CCOc1ccc(-n2c(=O)[nH]n(-c3cc(CC4NC(=O)C(N)CSSCC(C(=O)O)NC(=O)C(CC(N)=O)CC(=O)C(CCC(N)=O)NC(=O)C(C(C)CC)NC4=O)ccc3O)c2=O)cc1. The van der Waals surface area contributed by atoms with Crippen LogP contribution in [0.3, 0.4) is 0 Å². The fourth-order valence-corrected chi connectivity index (χ4v) is 8.94. The molecular formula is C42H52N10O13S2. The normalized spacial score (nSPS) is 21.9. The van der Waals surface area contributed by atoms with Crippen molar-refractivity contribution in [3.05, 3.63) is 69.0 Å². The molecule has 23 nitrogen and oxygen atoms in total. The first-order valence-corrected chi connectivity index (χ1v) is 23.2. The fraction of sp³-hybridized carbons (Fsp3) is 0.429. The first-order valence-electron chi connectivity index (χ1n) is 20.7. The molecule has 1 aliphatic rings. The highest BCUT2D eigenvalue weighted by Gasteiger charge is 2.36. The third-order valence-corrected chi connectivity index (χ3v) is 13.0. The van der Waals surface area contributed by atoms with Crippen LogP contribution in [0, 0.1) is 24.2 Å². The van der Waals surface area contributed by atoms with E-state index < -0.39 is 126 Å². The van der Waals surface area contributed by atoms with Gasteiger partial charge in [0.2, 0.25) is 35.4 Å². The van der Waals surface area contributed by atoms with E-state index in [-0.39, 0.29) is 54.3 Å². The van der Waals surface area contributed by atoms with Crippen LogP contribution >= 0.6 is 21.6 Å². The molecule has 1 fully saturated rings. The number of amides is 6. The summed E-state index contributed by atoms with van der Waals surface area (Å²) in [6.07, 6.45) is 3.01. The number of ketones is 1. The van der Waals surface area contributed by atoms with Gasteiger partial charge in [-0.3, -0.25) is 33.6 Å². The van der Waals surface area contributed by atoms with Crippen molar-refractivity contribution < 1.29 is 53.3 Å². The molecule has 0 saturated carbocycles. The number of phenolic OH excluding ortho intramolecular Hbond substituents is 1. The Kier molecular flexibility index (Phi) is 19.2. The lowest BCUT2D eigenvalue weighted by atomic mass is 9.91. The molecule has 25 heteroatoms. The number of carboxylic acids is 1. The lowest BCUT2D eigenvalue weighted by Crippen LogP contribution is -2.59. The molecule has 0 bridgehead atoms. The van der Waals surface area contributed by atoms with Gasteiger partial charge in [-0.05, 0) is 54.3 Å². The number of aromatic hydroxyl groups is 1. The number of ether oxygens (including phenoxy) is 1. The van der Waals surface area contributed by atoms with Crippen LogP contribution in [0.5, 0.6) is 11.5 Å². The number of carbonyl (C=O) groups is 8. The number of carboxylic acid groups (broad SMARTS) is 1. The number of aliphatic carboxylic acids is 1. The van der Waals surface area contributed by atoms with Gasteiger partial charge in [-0.15, -0.1) is 6.42 Å². The van der Waals surface area contributed by atoms with Crippen molar-refractivity contribution in [1.29, 1.82) is 0 Å². The van der Waals surface area contributed by atoms with E-state index in [0.29, 0.717) is 5.75 Å². The Morgan fingerprint density at radius 1 is 0.896 bits per heavy atom. The summed E-state index contributed by atoms with van der Waals surface area (Å²) in [5, 5.41) is 33.2. The molecule has 1 aliphatic heterocycles. The minimum atomic E-state index is -1.55. The summed E-state index contributed by atoms with van der Waals surface area (Å²) in [5.74, 6) is -8.09. The molecule has 7 unspecified atom stereocenters. The molecule has 67 heavy (non-hydrogen) atoms. The van der Waals surface area contributed by atoms with Crippen LogP contribution in [-0.2, 0) is 44.8 Å². The van der Waals surface area contributed by atoms with Gasteiger partial charge >= 0.3 is 17.3 Å². The number of aromatic nitrogens is 3. The molecule has 1 aromatic heterocycles. The summed E-state index contributed by atoms with van der Waals surface area (Å²) in [6, 6.07) is 2.46. The highest BCUT2D eigenvalue weighted by molar-refractivity contribution is 8.76. The van der Waals surface area contributed by atoms with E-state index in [0.717, 1.165) is 30.8 Å². The largest absolute Gasteiger partial charge is 0.506 e. The van der Waals surface area contributed by atoms with Crippen molar-refractivity contribution in [2.24, 2.45) is 29.0 Å². The van der Waals surface area contributed by atoms with Gasteiger partial charge in [0.15, 0.2) is 5.78 Å². The maximum atomic E-state index is 14.3. The number of hydrogen-bond donors (Lipinski definition) is 10. The van der Waals surface area contributed by atoms with E-state index in [9.17, 15) is 58.2 Å². The van der Waals surface area contributed by atoms with Gasteiger partial charge in [-0.2, -0.15) is 4.68 Å². The lowest BCUT2D eigenvalue weighted by molar-refractivity contribution is -0.142. The number of benzene rings is 2. The Hall–Kier alpha value is -7.04. The van der Waals surface area contributed by atoms with E-state index in [1.165, 1.54) is 42.5 Å². The first-order chi connectivity index (χ1) is 31.7. The highest BCUT2D eigenvalue weighted by atomic mass is 33.1. The summed E-state index contributed by atoms with van der Waals surface area (Å²) >= 11 is 0. The van der Waals surface area contributed by atoms with Gasteiger partial charge in [-0.1, -0.05) is 53.8 Å². The molecule has 0 aliphatic carbocycles. The van der Waals surface area contributed by atoms with Crippen LogP contribution < -0.4 is 54.6 Å². The maximum absolute atomic E-state index is 14.3. The number of hydrogen-bond acceptors (Lipinski definition) is 15. The van der Waals surface area contributed by atoms with E-state index in [2.05, 4.69) is 32.3 Å². The predicted molar refractivity (Wildman–Crippen MR) is 245 cm³/mol. The topological polar surface area (TPSA) is 372 Å². The Labute approximate surface area is 390 Å². The number of nitrogens with zero attached hydrogens (tertiary/aromatic N) is 2. The molecule has 13 N–H and O–H groups in total. The second-order valence-corrected chi connectivity index (χ2v) is 18.0. The first kappa shape index (κ1) is 52.6. The molecule has 2 heterocycles. The van der Waals surface area contributed by atoms with Crippen molar-refractivity contribution in [2.45, 2.75) is 82.6 Å². The zero-order valence-corrected chi connectivity index (χ0v) is 38.0. The molecule has 2 aromatic carbocycles. The molecule has 6 amide bonds. The Morgan fingerprint density at radius 2 is 1.57 bits per heavy atom. The van der Waals surface area contributed by atoms with Gasteiger partial charge in [0, 0.05) is 37.2 Å². The summed E-state index contributed by atoms with van der Waals surface area (Å²) in [7, 11) is 1.90. The van der Waals surface area contributed by atoms with Gasteiger partial charge < -0.3 is 53.4 Å². The van der Waals surface area contributed by atoms with Crippen molar-refractivity contribution in [1.82, 2.24) is 35.6 Å². The summed E-state index contributed by atoms with van der Waals surface area (Å²) in [6.45, 7) is 3.32. The number of primary amides is 2. The van der Waals surface area contributed by atoms with Crippen LogP contribution in [0.2, 0.25) is 0 Å². The highest BCUT2D eigenvalue weighted by Crippen LogP contribution is 2.25. The number of terminal acetylenes is 1. The summed E-state index contributed by atoms with van der Waals surface area (Å²) < 4.78 is 6.92. The minimum Gasteiger partial charge on any atom is -0.506 e. The summed E-state index contributed by atoms with van der Waals surface area (Å²) in [4.78, 5) is 132. The average molecular weight is 969 g/mol. The van der Waals surface area contributed by atoms with Crippen molar-refractivity contribution in [3.63, 3.8) is 0 Å². The van der Waals surface area contributed by atoms with Gasteiger partial charge in [0.05, 0.1) is 23.7 Å². The van der Waals surface area contributed by atoms with Crippen LogP contribution in [0.15, 0.2) is 52.1 Å². The Morgan fingerprint density at radius 3 is 2.19 bits per heavy atom. The molecular weight excluding hydrogens is 917 g/mol. The molecule has 360 valence electrons. The molecule has 0 spiro atoms. The second-order valence-electron chi connectivity index (χ2n) is 15.5. The fourth-order valence-electron chi connectivity index (χ4n) is 6.67. The maximum Gasteiger partial charge on any atom is 0.356 e. The van der Waals surface area contributed by atoms with E-state index in [1.807, 2.05) is 0 Å². The number of carbonyl (C=O) groups excluding carboxylic acids is 7. The molecule has 3 aromatic rings. The average Bonchev–Trinajstić information content (AvgIpc) is 3.58. The van der Waals surface area contributed by atoms with E-state index >= 15 is 0 Å². The van der Waals surface area contributed by atoms with Crippen LogP contribution in [0.25, 0.3) is 11.4 Å². The van der Waals surface area contributed by atoms with Gasteiger partial charge in [0.25, 0.3) is 0 Å². The number of phenols is 1. The van der Waals surface area contributed by atoms with Crippen molar-refractivity contribution >= 4 is 68.8 Å². The zero-order valence-electron chi connectivity index (χ0n) is 36.4. The molecule has 0 radical (unpaired) electrons. The number of aromatic amines is 1. The van der Waals surface area contributed by atoms with E-state index in [4.69, 9.17) is 28.4 Å². The quantitative estimate of drug-likeness (QED) is 0.0622. The number of nitrogens with one attached hydrogen (secondary N) is 5. The van der Waals surface area contributed by atoms with Crippen molar-refractivity contribution in [3.8, 4) is 35.2 Å². The molecule has 1 saturated heterocycles. The van der Waals surface area contributed by atoms with Crippen LogP contribution in [0.4, 0.5) is 0 Å². The molecule has 7 atom stereocenters. The predicted octanol–water partition coefficient (Wildman–Crippen LogP) is -1.91. The zero-order chi connectivity index (χ0) is 49.5. The lowest BCUT2D eigenvalue weighted by Gasteiger charge is -2.29. The third-order valence-electron chi connectivity index (χ3n) is 10.5. The number of nitrogens with two attached hydrogens (primary N) is 3. The Balaban J connectivity index is 1.74. The van der Waals surface area contributed by atoms with E-state index in [1.54, 1.807) is 13.8 Å². The monoisotopic (exact) mass is 968 g/mol. The van der Waals surface area contributed by atoms with Crippen molar-refractivity contribution in [2.75, 3.05) is 18.1 Å². The van der Waals surface area contributed by atoms with Crippen LogP contribution in [0.1, 0.15) is 51.5 Å². The standard InChI is InChI=1S/C42H52N10O13S2/c1-4-14-65-25-9-7-24(8-10-25)51-41(63)50-52(42(51)64)30-16-22(6-12-31(30)53)15-28-38(59)49-35(21(3)5-2)39(60)46-27(11-13-33(44)55)32(54)17-23(18-34(45)56)36(57)48-29(40(61)62)20-67-66-19-26(43)37(58)47-28/h1,6-10,12,16,21,23,26-29,35,53H,5,11,13-15,17-20,43H2,2-3H3,(H2,44,55)(H2,45,56)(H,46,60)(H,47,58)(H,48,57)(H,49,59)(H,50,63)(H,61,62). The number of rotatable bonds is 14. The minimum absolute atomic E-state index is 0.0132. The number of Topliss-reactive ketones (excluding diaryl/α,β-unsaturated/α-hetero) is 1. The smallest absolute Gasteiger partial charge is 0.356 e. The Bertz CT molecular complexity index is 2500. The van der Waals surface area contributed by atoms with Crippen LogP contribution in [-0.4, -0.2) is 120 Å². The number of H-pyrrole nitrogens is 1. The van der Waals surface area contributed by atoms with Gasteiger partial charge in [-0.25, -0.2) is 24.0 Å². The third kappa shape index (κ3) is 14.7. The molecule has 4 rings (SSSR count).